The Kier molecular flexibility index (Phi) is 8.68. The van der Waals surface area contributed by atoms with E-state index in [4.69, 9.17) is 4.74 Å². The number of hydrogen-bond acceptors (Lipinski definition) is 5. The highest BCUT2D eigenvalue weighted by atomic mass is 32.2. The second kappa shape index (κ2) is 11.4. The fourth-order valence-electron chi connectivity index (χ4n) is 5.10. The van der Waals surface area contributed by atoms with Crippen molar-refractivity contribution in [2.75, 3.05) is 23.0 Å². The first kappa shape index (κ1) is 31.1. The molecular formula is C26H26F9N3O2S. The molecule has 2 aliphatic rings. The molecule has 3 heterocycles. The number of anilines is 1. The van der Waals surface area contributed by atoms with Crippen LogP contribution in [0.5, 0.6) is 0 Å². The van der Waals surface area contributed by atoms with Gasteiger partial charge in [0.1, 0.15) is 11.9 Å². The number of nitrogens with zero attached hydrogens (tertiary/aromatic N) is 3. The lowest BCUT2D eigenvalue weighted by atomic mass is 9.97. The Hall–Kier alpha value is -2.84. The van der Waals surface area contributed by atoms with E-state index in [1.165, 1.54) is 6.92 Å². The lowest BCUT2D eigenvalue weighted by Crippen LogP contribution is -2.40. The summed E-state index contributed by atoms with van der Waals surface area (Å²) in [6.07, 6.45) is -15.4. The average Bonchev–Trinajstić information content (AvgIpc) is 3.17. The van der Waals surface area contributed by atoms with E-state index >= 15 is 0 Å². The van der Waals surface area contributed by atoms with Crippen LogP contribution >= 0.6 is 11.8 Å². The van der Waals surface area contributed by atoms with Crippen molar-refractivity contribution in [1.82, 2.24) is 9.88 Å². The van der Waals surface area contributed by atoms with Crippen molar-refractivity contribution < 1.29 is 49.0 Å². The van der Waals surface area contributed by atoms with Gasteiger partial charge in [0, 0.05) is 24.3 Å². The zero-order chi connectivity index (χ0) is 30.3. The number of amides is 1. The molecule has 4 rings (SSSR count). The molecule has 0 N–H and O–H groups in total. The molecule has 1 aromatic carbocycles. The van der Waals surface area contributed by atoms with Crippen molar-refractivity contribution in [2.45, 2.75) is 70.0 Å². The molecule has 0 radical (unpaired) electrons. The van der Waals surface area contributed by atoms with Gasteiger partial charge in [-0.3, -0.25) is 4.90 Å². The third-order valence-electron chi connectivity index (χ3n) is 7.19. The Morgan fingerprint density at radius 1 is 0.927 bits per heavy atom. The first-order valence-corrected chi connectivity index (χ1v) is 13.8. The predicted octanol–water partition coefficient (Wildman–Crippen LogP) is 7.94. The third-order valence-corrected chi connectivity index (χ3v) is 8.23. The molecule has 2 atom stereocenters. The number of carbonyl (C=O) groups excluding carboxylic acids is 1. The number of benzene rings is 1. The molecule has 0 spiro atoms. The molecule has 1 aromatic heterocycles. The summed E-state index contributed by atoms with van der Waals surface area (Å²) in [6.45, 7) is 3.12. The molecule has 2 aromatic rings. The first-order chi connectivity index (χ1) is 19.0. The van der Waals surface area contributed by atoms with E-state index in [1.54, 1.807) is 11.8 Å². The Balaban J connectivity index is 1.71. The Labute approximate surface area is 234 Å². The number of hydrogen-bond donors (Lipinski definition) is 0. The van der Waals surface area contributed by atoms with E-state index in [0.29, 0.717) is 24.9 Å². The predicted molar refractivity (Wildman–Crippen MR) is 133 cm³/mol. The molecule has 1 amide bonds. The van der Waals surface area contributed by atoms with Gasteiger partial charge in [-0.25, -0.2) is 9.78 Å². The standard InChI is InChI=1S/C26H26F9N3O2S/c1-3-37(20-4-6-41-7-5-20)22-16(10-19(12-36-22)26(33,34)35)13-38-14(2)21(40-23(38)39)15-8-17(24(27,28)29)11-18(9-15)25(30,31)32/h8-12,14,20-21H,3-7,13H2,1-2H3/t14-,21-/m0/s1. The van der Waals surface area contributed by atoms with Crippen LogP contribution in [0.2, 0.25) is 0 Å². The van der Waals surface area contributed by atoms with Gasteiger partial charge in [0.2, 0.25) is 0 Å². The van der Waals surface area contributed by atoms with Gasteiger partial charge in [0.05, 0.1) is 29.3 Å². The zero-order valence-corrected chi connectivity index (χ0v) is 22.6. The normalized spacial score (nSPS) is 20.9. The average molecular weight is 616 g/mol. The molecule has 0 saturated carbocycles. The maximum absolute atomic E-state index is 13.6. The highest BCUT2D eigenvalue weighted by Crippen LogP contribution is 2.42. The maximum atomic E-state index is 13.6. The largest absolute Gasteiger partial charge is 0.439 e. The highest BCUT2D eigenvalue weighted by Gasteiger charge is 2.44. The minimum Gasteiger partial charge on any atom is -0.439 e. The Morgan fingerprint density at radius 3 is 2.00 bits per heavy atom. The topological polar surface area (TPSA) is 45.7 Å². The monoisotopic (exact) mass is 615 g/mol. The molecule has 2 saturated heterocycles. The number of halogens is 9. The molecule has 0 unspecified atom stereocenters. The summed E-state index contributed by atoms with van der Waals surface area (Å²) >= 11 is 1.76. The number of ether oxygens (including phenoxy) is 1. The number of rotatable bonds is 6. The highest BCUT2D eigenvalue weighted by molar-refractivity contribution is 7.99. The molecule has 226 valence electrons. The summed E-state index contributed by atoms with van der Waals surface area (Å²) in [4.78, 5) is 19.8. The van der Waals surface area contributed by atoms with E-state index < -0.39 is 65.6 Å². The first-order valence-electron chi connectivity index (χ1n) is 12.7. The number of pyridine rings is 1. The molecule has 0 aliphatic carbocycles. The molecule has 2 fully saturated rings. The van der Waals surface area contributed by atoms with Crippen LogP contribution in [-0.4, -0.2) is 46.1 Å². The number of carbonyl (C=O) groups is 1. The van der Waals surface area contributed by atoms with Crippen molar-refractivity contribution in [3.8, 4) is 0 Å². The quantitative estimate of drug-likeness (QED) is 0.309. The number of aromatic nitrogens is 1. The van der Waals surface area contributed by atoms with Gasteiger partial charge in [-0.2, -0.15) is 51.3 Å². The Morgan fingerprint density at radius 2 is 1.49 bits per heavy atom. The van der Waals surface area contributed by atoms with Gasteiger partial charge in [-0.15, -0.1) is 0 Å². The molecular weight excluding hydrogens is 589 g/mol. The lowest BCUT2D eigenvalue weighted by molar-refractivity contribution is -0.143. The van der Waals surface area contributed by atoms with Crippen LogP contribution in [0.4, 0.5) is 50.1 Å². The fraction of sp³-hybridized carbons (Fsp3) is 0.538. The van der Waals surface area contributed by atoms with E-state index in [0.717, 1.165) is 35.3 Å². The van der Waals surface area contributed by atoms with Crippen molar-refractivity contribution >= 4 is 23.7 Å². The molecule has 41 heavy (non-hydrogen) atoms. The summed E-state index contributed by atoms with van der Waals surface area (Å²) in [7, 11) is 0. The van der Waals surface area contributed by atoms with Gasteiger partial charge >= 0.3 is 24.6 Å². The summed E-state index contributed by atoms with van der Waals surface area (Å²) < 4.78 is 127. The second-order valence-electron chi connectivity index (χ2n) is 9.85. The summed E-state index contributed by atoms with van der Waals surface area (Å²) in [5.74, 6) is 1.93. The molecule has 5 nitrogen and oxygen atoms in total. The smallest absolute Gasteiger partial charge is 0.417 e. The van der Waals surface area contributed by atoms with E-state index in [2.05, 4.69) is 4.98 Å². The second-order valence-corrected chi connectivity index (χ2v) is 11.1. The van der Waals surface area contributed by atoms with E-state index in [1.807, 2.05) is 11.8 Å². The van der Waals surface area contributed by atoms with Crippen molar-refractivity contribution in [2.24, 2.45) is 0 Å². The zero-order valence-electron chi connectivity index (χ0n) is 21.8. The summed E-state index contributed by atoms with van der Waals surface area (Å²) in [5, 5.41) is 0. The summed E-state index contributed by atoms with van der Waals surface area (Å²) in [6, 6.07) is 0.657. The summed E-state index contributed by atoms with van der Waals surface area (Å²) in [5.41, 5.74) is -4.71. The Bertz CT molecular complexity index is 1230. The minimum atomic E-state index is -5.11. The van der Waals surface area contributed by atoms with Crippen LogP contribution in [-0.2, 0) is 29.8 Å². The fourth-order valence-corrected chi connectivity index (χ4v) is 6.18. The SMILES string of the molecule is CCN(c1ncc(C(F)(F)F)cc1CN1C(=O)O[C@H](c2cc(C(F)(F)F)cc(C(F)(F)F)c2)[C@@H]1C)C1CCSCC1. The molecule has 2 aliphatic heterocycles. The number of thioether (sulfide) groups is 1. The van der Waals surface area contributed by atoms with Gasteiger partial charge in [0.25, 0.3) is 0 Å². The van der Waals surface area contributed by atoms with E-state index in [-0.39, 0.29) is 23.5 Å². The maximum Gasteiger partial charge on any atom is 0.417 e. The van der Waals surface area contributed by atoms with Crippen molar-refractivity contribution in [1.29, 1.82) is 0 Å². The van der Waals surface area contributed by atoms with Crippen LogP contribution in [0.15, 0.2) is 30.5 Å². The van der Waals surface area contributed by atoms with Crippen molar-refractivity contribution in [3.05, 3.63) is 58.3 Å². The van der Waals surface area contributed by atoms with E-state index in [9.17, 15) is 44.3 Å². The number of cyclic esters (lactones) is 1. The minimum absolute atomic E-state index is 0.00849. The van der Waals surface area contributed by atoms with Gasteiger partial charge in [-0.05, 0) is 68.0 Å². The van der Waals surface area contributed by atoms with Crippen LogP contribution in [0, 0.1) is 0 Å². The van der Waals surface area contributed by atoms with Gasteiger partial charge in [-0.1, -0.05) is 0 Å². The van der Waals surface area contributed by atoms with Crippen LogP contribution in [0.3, 0.4) is 0 Å². The molecule has 0 bridgehead atoms. The third kappa shape index (κ3) is 6.81. The number of alkyl halides is 9. The van der Waals surface area contributed by atoms with Crippen LogP contribution in [0.1, 0.15) is 60.6 Å². The van der Waals surface area contributed by atoms with Crippen molar-refractivity contribution in [3.63, 3.8) is 0 Å². The molecule has 15 heteroatoms. The van der Waals surface area contributed by atoms with Gasteiger partial charge < -0.3 is 9.64 Å². The van der Waals surface area contributed by atoms with Crippen LogP contribution < -0.4 is 4.90 Å². The lowest BCUT2D eigenvalue weighted by Gasteiger charge is -2.36. The van der Waals surface area contributed by atoms with Crippen LogP contribution in [0.25, 0.3) is 0 Å². The van der Waals surface area contributed by atoms with Gasteiger partial charge in [0.15, 0.2) is 0 Å².